The average Bonchev–Trinajstić information content (AvgIpc) is 2.99. The minimum absolute atomic E-state index is 0.0356. The van der Waals surface area contributed by atoms with Crippen molar-refractivity contribution in [2.45, 2.75) is 62.4 Å². The van der Waals surface area contributed by atoms with Crippen molar-refractivity contribution < 1.29 is 22.7 Å². The van der Waals surface area contributed by atoms with Crippen LogP contribution in [0.3, 0.4) is 0 Å². The van der Waals surface area contributed by atoms with Gasteiger partial charge < -0.3 is 4.74 Å². The lowest BCUT2D eigenvalue weighted by molar-refractivity contribution is -0.154. The average molecular weight is 461 g/mol. The molecule has 1 saturated heterocycles. The molecule has 0 bridgehead atoms. The van der Waals surface area contributed by atoms with Gasteiger partial charge in [0.05, 0.1) is 10.6 Å². The van der Waals surface area contributed by atoms with Gasteiger partial charge in [0.1, 0.15) is 5.92 Å². The monoisotopic (exact) mass is 460 g/mol. The van der Waals surface area contributed by atoms with Crippen LogP contribution < -0.4 is 0 Å². The number of ether oxygens (including phenoxy) is 1. The number of sulfone groups is 1. The summed E-state index contributed by atoms with van der Waals surface area (Å²) in [7, 11) is -3.28. The van der Waals surface area contributed by atoms with E-state index in [1.54, 1.807) is 37.3 Å². The van der Waals surface area contributed by atoms with Crippen molar-refractivity contribution in [1.29, 1.82) is 0 Å². The molecule has 1 heterocycles. The number of carbonyl (C=O) groups excluding carboxylic acids is 2. The summed E-state index contributed by atoms with van der Waals surface area (Å²) in [5, 5.41) is 0.400. The third-order valence-corrected chi connectivity index (χ3v) is 8.54. The predicted molar refractivity (Wildman–Crippen MR) is 119 cm³/mol. The van der Waals surface area contributed by atoms with Gasteiger partial charge in [0.15, 0.2) is 21.2 Å². The molecule has 4 rings (SSSR count). The van der Waals surface area contributed by atoms with Crippen LogP contribution in [0.25, 0.3) is 11.1 Å². The second kappa shape index (κ2) is 8.06. The fourth-order valence-corrected chi connectivity index (χ4v) is 5.81. The Hall–Kier alpha value is -2.18. The maximum atomic E-state index is 13.2. The number of hydrogen-bond acceptors (Lipinski definition) is 5. The van der Waals surface area contributed by atoms with Crippen LogP contribution in [0.4, 0.5) is 0 Å². The van der Waals surface area contributed by atoms with Crippen molar-refractivity contribution in [1.82, 2.24) is 0 Å². The highest BCUT2D eigenvalue weighted by Gasteiger charge is 2.55. The van der Waals surface area contributed by atoms with E-state index in [1.165, 1.54) is 0 Å². The molecule has 31 heavy (non-hydrogen) atoms. The van der Waals surface area contributed by atoms with Gasteiger partial charge in [-0.25, -0.2) is 8.42 Å². The first-order chi connectivity index (χ1) is 14.7. The zero-order valence-electron chi connectivity index (χ0n) is 17.6. The highest BCUT2D eigenvalue weighted by molar-refractivity contribution is 7.91. The normalized spacial score (nSPS) is 20.8. The van der Waals surface area contributed by atoms with Gasteiger partial charge in [-0.1, -0.05) is 37.1 Å². The van der Waals surface area contributed by atoms with E-state index in [0.717, 1.165) is 36.0 Å². The van der Waals surface area contributed by atoms with Crippen LogP contribution in [0.2, 0.25) is 5.02 Å². The number of ketones is 1. The van der Waals surface area contributed by atoms with Crippen molar-refractivity contribution >= 4 is 33.2 Å². The maximum Gasteiger partial charge on any atom is 0.322 e. The lowest BCUT2D eigenvalue weighted by atomic mass is 9.77. The first kappa shape index (κ1) is 22.0. The molecular formula is C24H25ClO5S. The molecule has 0 amide bonds. The molecule has 1 atom stereocenters. The van der Waals surface area contributed by atoms with Crippen LogP contribution in [0.1, 0.15) is 56.1 Å². The van der Waals surface area contributed by atoms with Gasteiger partial charge in [-0.2, -0.15) is 0 Å². The molecule has 2 aromatic rings. The highest BCUT2D eigenvalue weighted by Crippen LogP contribution is 2.45. The van der Waals surface area contributed by atoms with E-state index in [-0.39, 0.29) is 16.4 Å². The predicted octanol–water partition coefficient (Wildman–Crippen LogP) is 5.02. The third-order valence-electron chi connectivity index (χ3n) is 6.48. The van der Waals surface area contributed by atoms with E-state index in [9.17, 15) is 18.0 Å². The Morgan fingerprint density at radius 1 is 1.06 bits per heavy atom. The Bertz CT molecular complexity index is 1150. The Balaban J connectivity index is 1.68. The van der Waals surface area contributed by atoms with Gasteiger partial charge >= 0.3 is 5.97 Å². The van der Waals surface area contributed by atoms with Crippen molar-refractivity contribution in [3.05, 3.63) is 52.5 Å². The minimum Gasteiger partial charge on any atom is -0.450 e. The number of halogens is 1. The van der Waals surface area contributed by atoms with Crippen molar-refractivity contribution in [3.63, 3.8) is 0 Å². The van der Waals surface area contributed by atoms with E-state index >= 15 is 0 Å². The zero-order valence-corrected chi connectivity index (χ0v) is 19.2. The topological polar surface area (TPSA) is 77.5 Å². The van der Waals surface area contributed by atoms with Crippen molar-refractivity contribution in [2.75, 3.05) is 5.75 Å². The summed E-state index contributed by atoms with van der Waals surface area (Å²) in [6, 6.07) is 10.1. The van der Waals surface area contributed by atoms with Crippen LogP contribution in [0.5, 0.6) is 0 Å². The maximum absolute atomic E-state index is 13.2. The van der Waals surface area contributed by atoms with Gasteiger partial charge in [0.25, 0.3) is 0 Å². The Morgan fingerprint density at radius 2 is 1.71 bits per heavy atom. The largest absolute Gasteiger partial charge is 0.450 e. The Labute approximate surface area is 187 Å². The van der Waals surface area contributed by atoms with Crippen LogP contribution in [-0.4, -0.2) is 31.5 Å². The second-order valence-electron chi connectivity index (χ2n) is 8.39. The highest BCUT2D eigenvalue weighted by atomic mass is 35.5. The van der Waals surface area contributed by atoms with Gasteiger partial charge in [-0.3, -0.25) is 9.59 Å². The first-order valence-corrected chi connectivity index (χ1v) is 12.6. The number of esters is 1. The molecule has 5 nitrogen and oxygen atoms in total. The van der Waals surface area contributed by atoms with E-state index in [1.807, 2.05) is 13.0 Å². The zero-order chi connectivity index (χ0) is 22.4. The number of rotatable bonds is 4. The molecule has 2 aliphatic rings. The molecule has 0 N–H and O–H groups in total. The lowest BCUT2D eigenvalue weighted by Crippen LogP contribution is -2.39. The molecule has 1 aliphatic heterocycles. The number of hydrogen-bond donors (Lipinski definition) is 0. The fraction of sp³-hybridized carbons (Fsp3) is 0.417. The summed E-state index contributed by atoms with van der Waals surface area (Å²) in [6.07, 6.45) is 4.00. The van der Waals surface area contributed by atoms with Gasteiger partial charge in [-0.05, 0) is 73.6 Å². The lowest BCUT2D eigenvalue weighted by Gasteiger charge is -2.29. The van der Waals surface area contributed by atoms with Gasteiger partial charge in [-0.15, -0.1) is 0 Å². The number of aryl methyl sites for hydroxylation is 1. The minimum atomic E-state index is -3.28. The SMILES string of the molecule is CCS(=O)(=O)c1ccc(-c2cc(C)c(C3C(=O)OC4(CCCCC4)C3=O)cc2Cl)cc1. The van der Waals surface area contributed by atoms with E-state index < -0.39 is 27.3 Å². The molecule has 7 heteroatoms. The summed E-state index contributed by atoms with van der Waals surface area (Å²) in [5.74, 6) is -1.55. The molecule has 1 aliphatic carbocycles. The summed E-state index contributed by atoms with van der Waals surface area (Å²) in [4.78, 5) is 26.2. The van der Waals surface area contributed by atoms with E-state index in [4.69, 9.17) is 16.3 Å². The smallest absolute Gasteiger partial charge is 0.322 e. The molecular weight excluding hydrogens is 436 g/mol. The van der Waals surface area contributed by atoms with Crippen LogP contribution in [-0.2, 0) is 24.2 Å². The number of benzene rings is 2. The Morgan fingerprint density at radius 3 is 2.32 bits per heavy atom. The standard InChI is InChI=1S/C24H25ClO5S/c1-3-31(28,29)17-9-7-16(8-10-17)19-13-15(2)18(14-20(19)25)21-22(26)24(30-23(21)27)11-5-4-6-12-24/h7-10,13-14,21H,3-6,11-12H2,1-2H3. The second-order valence-corrected chi connectivity index (χ2v) is 11.1. The molecule has 2 aromatic carbocycles. The van der Waals surface area contributed by atoms with Crippen LogP contribution in [0.15, 0.2) is 41.3 Å². The van der Waals surface area contributed by atoms with Crippen molar-refractivity contribution in [3.8, 4) is 11.1 Å². The van der Waals surface area contributed by atoms with Crippen molar-refractivity contribution in [2.24, 2.45) is 0 Å². The number of carbonyl (C=O) groups is 2. The Kier molecular flexibility index (Phi) is 5.73. The first-order valence-electron chi connectivity index (χ1n) is 10.6. The van der Waals surface area contributed by atoms with E-state index in [2.05, 4.69) is 0 Å². The third kappa shape index (κ3) is 3.80. The molecule has 1 unspecified atom stereocenters. The van der Waals surface area contributed by atoms with Crippen LogP contribution >= 0.6 is 11.6 Å². The van der Waals surface area contributed by atoms with Gasteiger partial charge in [0, 0.05) is 10.6 Å². The molecule has 2 fully saturated rings. The molecule has 164 valence electrons. The summed E-state index contributed by atoms with van der Waals surface area (Å²) < 4.78 is 29.7. The molecule has 0 aromatic heterocycles. The quantitative estimate of drug-likeness (QED) is 0.472. The molecule has 1 spiro atoms. The molecule has 0 radical (unpaired) electrons. The number of Topliss-reactive ketones (excluding diaryl/α,β-unsaturated/α-hetero) is 1. The summed E-state index contributed by atoms with van der Waals surface area (Å²) >= 11 is 6.56. The van der Waals surface area contributed by atoms with E-state index in [0.29, 0.717) is 23.4 Å². The van der Waals surface area contributed by atoms with Gasteiger partial charge in [0.2, 0.25) is 0 Å². The summed E-state index contributed by atoms with van der Waals surface area (Å²) in [5.41, 5.74) is 1.86. The molecule has 1 saturated carbocycles. The summed E-state index contributed by atoms with van der Waals surface area (Å²) in [6.45, 7) is 3.45. The van der Waals surface area contributed by atoms with Crippen LogP contribution in [0, 0.1) is 6.92 Å². The fourth-order valence-electron chi connectivity index (χ4n) is 4.65.